The summed E-state index contributed by atoms with van der Waals surface area (Å²) >= 11 is 6.46. The van der Waals surface area contributed by atoms with E-state index in [1.54, 1.807) is 19.1 Å². The number of nitrogens with one attached hydrogen (secondary N) is 1. The molecule has 1 N–H and O–H groups in total. The Morgan fingerprint density at radius 2 is 1.84 bits per heavy atom. The fourth-order valence-electron chi connectivity index (χ4n) is 3.54. The van der Waals surface area contributed by atoms with Crippen molar-refractivity contribution in [3.05, 3.63) is 57.1 Å². The first-order valence-corrected chi connectivity index (χ1v) is 10.8. The van der Waals surface area contributed by atoms with E-state index < -0.39 is 10.8 Å². The first kappa shape index (κ1) is 23.3. The smallest absolute Gasteiger partial charge is 0.311 e. The lowest BCUT2D eigenvalue weighted by Gasteiger charge is -2.36. The van der Waals surface area contributed by atoms with Crippen molar-refractivity contribution in [2.24, 2.45) is 0 Å². The molecule has 3 rings (SSSR count). The van der Waals surface area contributed by atoms with Crippen LogP contribution in [-0.4, -0.2) is 54.4 Å². The van der Waals surface area contributed by atoms with Crippen LogP contribution < -0.4 is 15.0 Å². The number of hydrogen-bond acceptors (Lipinski definition) is 6. The zero-order chi connectivity index (χ0) is 23.3. The average molecular weight is 461 g/mol. The summed E-state index contributed by atoms with van der Waals surface area (Å²) < 4.78 is 5.25. The van der Waals surface area contributed by atoms with Crippen LogP contribution in [0.25, 0.3) is 0 Å². The molecule has 1 aliphatic rings. The fraction of sp³-hybridized carbons (Fsp3) is 0.364. The maximum absolute atomic E-state index is 12.6. The summed E-state index contributed by atoms with van der Waals surface area (Å²) in [6.45, 7) is 6.48. The number of carbonyl (C=O) groups is 2. The van der Waals surface area contributed by atoms with Gasteiger partial charge in [0.15, 0.2) is 5.75 Å². The van der Waals surface area contributed by atoms with Gasteiger partial charge in [-0.1, -0.05) is 18.5 Å². The van der Waals surface area contributed by atoms with Crippen LogP contribution in [0, 0.1) is 10.1 Å². The topological polar surface area (TPSA) is 105 Å². The zero-order valence-corrected chi connectivity index (χ0v) is 18.7. The number of ether oxygens (including phenoxy) is 1. The number of nitrogens with zero attached hydrogens (tertiary/aromatic N) is 3. The standard InChI is InChI=1S/C22H25ClN4O5/c1-3-21(28)26-11-9-25(10-12-26)18-7-6-16(14-17(18)23)24-22(29)15-5-8-20(32-4-2)19(13-15)27(30)31/h5-8,13-14H,3-4,9-12H2,1-2H3,(H,24,29). The van der Waals surface area contributed by atoms with Gasteiger partial charge in [-0.3, -0.25) is 19.7 Å². The van der Waals surface area contributed by atoms with Crippen LogP contribution in [0.3, 0.4) is 0 Å². The van der Waals surface area contributed by atoms with E-state index in [9.17, 15) is 19.7 Å². The molecule has 2 aromatic carbocycles. The molecule has 0 atom stereocenters. The van der Waals surface area contributed by atoms with E-state index in [-0.39, 0.29) is 29.5 Å². The Kier molecular flexibility index (Phi) is 7.53. The van der Waals surface area contributed by atoms with Crippen molar-refractivity contribution in [3.8, 4) is 5.75 Å². The van der Waals surface area contributed by atoms with Crippen molar-refractivity contribution in [1.29, 1.82) is 0 Å². The van der Waals surface area contributed by atoms with Crippen molar-refractivity contribution in [3.63, 3.8) is 0 Å². The van der Waals surface area contributed by atoms with Gasteiger partial charge >= 0.3 is 5.69 Å². The SMILES string of the molecule is CCOc1ccc(C(=O)Nc2ccc(N3CCN(C(=O)CC)CC3)c(Cl)c2)cc1[N+](=O)[O-]. The van der Waals surface area contributed by atoms with Crippen LogP contribution in [0.15, 0.2) is 36.4 Å². The highest BCUT2D eigenvalue weighted by Gasteiger charge is 2.22. The number of halogens is 1. The highest BCUT2D eigenvalue weighted by Crippen LogP contribution is 2.31. The van der Waals surface area contributed by atoms with Gasteiger partial charge in [0, 0.05) is 49.9 Å². The molecule has 1 heterocycles. The first-order chi connectivity index (χ1) is 15.3. The molecule has 1 fully saturated rings. The maximum atomic E-state index is 12.6. The molecule has 2 aromatic rings. The number of hydrogen-bond donors (Lipinski definition) is 1. The van der Waals surface area contributed by atoms with Crippen molar-refractivity contribution in [1.82, 2.24) is 4.90 Å². The lowest BCUT2D eigenvalue weighted by molar-refractivity contribution is -0.385. The van der Waals surface area contributed by atoms with E-state index in [2.05, 4.69) is 10.2 Å². The summed E-state index contributed by atoms with van der Waals surface area (Å²) in [5, 5.41) is 14.5. The highest BCUT2D eigenvalue weighted by molar-refractivity contribution is 6.33. The van der Waals surface area contributed by atoms with Crippen LogP contribution in [0.5, 0.6) is 5.75 Å². The van der Waals surface area contributed by atoms with E-state index in [0.717, 1.165) is 5.69 Å². The predicted molar refractivity (Wildman–Crippen MR) is 123 cm³/mol. The van der Waals surface area contributed by atoms with Crippen molar-refractivity contribution in [2.75, 3.05) is 43.0 Å². The van der Waals surface area contributed by atoms with Gasteiger partial charge in [0.25, 0.3) is 5.91 Å². The molecule has 0 aromatic heterocycles. The molecular weight excluding hydrogens is 436 g/mol. The van der Waals surface area contributed by atoms with Crippen molar-refractivity contribution < 1.29 is 19.2 Å². The third-order valence-electron chi connectivity index (χ3n) is 5.20. The summed E-state index contributed by atoms with van der Waals surface area (Å²) in [7, 11) is 0. The van der Waals surface area contributed by atoms with Gasteiger partial charge < -0.3 is 19.9 Å². The molecule has 0 bridgehead atoms. The second-order valence-corrected chi connectivity index (χ2v) is 7.62. The van der Waals surface area contributed by atoms with Gasteiger partial charge in [-0.05, 0) is 37.3 Å². The molecule has 0 unspecified atom stereocenters. The number of anilines is 2. The lowest BCUT2D eigenvalue weighted by atomic mass is 10.1. The van der Waals surface area contributed by atoms with E-state index in [4.69, 9.17) is 16.3 Å². The summed E-state index contributed by atoms with van der Waals surface area (Å²) in [6.07, 6.45) is 0.493. The Bertz CT molecular complexity index is 1020. The molecule has 170 valence electrons. The number of rotatable bonds is 7. The van der Waals surface area contributed by atoms with E-state index in [0.29, 0.717) is 43.3 Å². The van der Waals surface area contributed by atoms with Gasteiger partial charge in [-0.15, -0.1) is 0 Å². The Hall–Kier alpha value is -3.33. The maximum Gasteiger partial charge on any atom is 0.311 e. The Morgan fingerprint density at radius 3 is 2.44 bits per heavy atom. The molecule has 2 amide bonds. The fourth-order valence-corrected chi connectivity index (χ4v) is 3.84. The second kappa shape index (κ2) is 10.3. The summed E-state index contributed by atoms with van der Waals surface area (Å²) in [6, 6.07) is 9.26. The number of amides is 2. The molecule has 32 heavy (non-hydrogen) atoms. The third kappa shape index (κ3) is 5.28. The second-order valence-electron chi connectivity index (χ2n) is 7.21. The van der Waals surface area contributed by atoms with E-state index in [1.807, 2.05) is 17.9 Å². The number of benzene rings is 2. The molecular formula is C22H25ClN4O5. The van der Waals surface area contributed by atoms with E-state index in [1.165, 1.54) is 18.2 Å². The van der Waals surface area contributed by atoms with Crippen LogP contribution in [0.2, 0.25) is 5.02 Å². The number of nitro groups is 1. The van der Waals surface area contributed by atoms with E-state index >= 15 is 0 Å². The van der Waals surface area contributed by atoms with Gasteiger partial charge in [0.2, 0.25) is 5.91 Å². The van der Waals surface area contributed by atoms with Crippen LogP contribution in [0.1, 0.15) is 30.6 Å². The predicted octanol–water partition coefficient (Wildman–Crippen LogP) is 3.96. The largest absolute Gasteiger partial charge is 0.487 e. The molecule has 0 radical (unpaired) electrons. The molecule has 1 aliphatic heterocycles. The van der Waals surface area contributed by atoms with Crippen molar-refractivity contribution in [2.45, 2.75) is 20.3 Å². The van der Waals surface area contributed by atoms with Gasteiger partial charge in [-0.2, -0.15) is 0 Å². The molecule has 0 saturated carbocycles. The van der Waals surface area contributed by atoms with Gasteiger partial charge in [-0.25, -0.2) is 0 Å². The minimum Gasteiger partial charge on any atom is -0.487 e. The zero-order valence-electron chi connectivity index (χ0n) is 18.0. The number of carbonyl (C=O) groups excluding carboxylic acids is 2. The van der Waals surface area contributed by atoms with Crippen LogP contribution >= 0.6 is 11.6 Å². The number of piperazine rings is 1. The molecule has 0 aliphatic carbocycles. The van der Waals surface area contributed by atoms with Crippen LogP contribution in [-0.2, 0) is 4.79 Å². The van der Waals surface area contributed by atoms with Gasteiger partial charge in [0.05, 0.1) is 22.2 Å². The number of nitro benzene ring substituents is 1. The lowest BCUT2D eigenvalue weighted by Crippen LogP contribution is -2.48. The Balaban J connectivity index is 1.69. The molecule has 0 spiro atoms. The minimum atomic E-state index is -0.582. The Morgan fingerprint density at radius 1 is 1.12 bits per heavy atom. The summed E-state index contributed by atoms with van der Waals surface area (Å²) in [5.41, 5.74) is 1.16. The monoisotopic (exact) mass is 460 g/mol. The quantitative estimate of drug-likeness (QED) is 0.495. The summed E-state index contributed by atoms with van der Waals surface area (Å²) in [4.78, 5) is 39.1. The van der Waals surface area contributed by atoms with Crippen molar-refractivity contribution >= 4 is 40.5 Å². The average Bonchev–Trinajstić information content (AvgIpc) is 2.79. The normalized spacial score (nSPS) is 13.6. The molecule has 9 nitrogen and oxygen atoms in total. The minimum absolute atomic E-state index is 0.113. The third-order valence-corrected chi connectivity index (χ3v) is 5.50. The van der Waals surface area contributed by atoms with Gasteiger partial charge in [0.1, 0.15) is 0 Å². The van der Waals surface area contributed by atoms with Crippen LogP contribution in [0.4, 0.5) is 17.1 Å². The summed E-state index contributed by atoms with van der Waals surface area (Å²) in [5.74, 6) is -0.239. The Labute approximate surface area is 191 Å². The molecule has 1 saturated heterocycles. The first-order valence-electron chi connectivity index (χ1n) is 10.4. The highest BCUT2D eigenvalue weighted by atomic mass is 35.5. The molecule has 10 heteroatoms.